The number of para-hydroxylation sites is 1. The number of aliphatic hydroxyl groups is 1. The first-order valence-corrected chi connectivity index (χ1v) is 13.5. The fourth-order valence-electron chi connectivity index (χ4n) is 5.65. The van der Waals surface area contributed by atoms with E-state index in [-0.39, 0.29) is 10.5 Å². The summed E-state index contributed by atoms with van der Waals surface area (Å²) in [6.07, 6.45) is 0. The number of carbonyl (C=O) groups is 1. The molecule has 8 nitrogen and oxygen atoms in total. The predicted octanol–water partition coefficient (Wildman–Crippen LogP) is 2.20. The molecule has 0 aromatic heterocycles. The first-order chi connectivity index (χ1) is 17.2. The number of hydrogen-bond acceptors (Lipinski definition) is 6. The zero-order valence-corrected chi connectivity index (χ0v) is 20.4. The maximum absolute atomic E-state index is 13.7. The molecule has 3 aromatic carbocycles. The Balaban J connectivity index is 1.27. The van der Waals surface area contributed by atoms with Gasteiger partial charge in [-0.3, -0.25) is 4.79 Å². The van der Waals surface area contributed by atoms with E-state index in [1.807, 2.05) is 24.3 Å². The van der Waals surface area contributed by atoms with Crippen LogP contribution < -0.4 is 14.9 Å². The van der Waals surface area contributed by atoms with E-state index in [0.29, 0.717) is 29.6 Å². The van der Waals surface area contributed by atoms with Gasteiger partial charge in [0, 0.05) is 36.2 Å². The molecule has 6 rings (SSSR count). The van der Waals surface area contributed by atoms with Crippen molar-refractivity contribution < 1.29 is 23.1 Å². The summed E-state index contributed by atoms with van der Waals surface area (Å²) in [5.41, 5.74) is 1.54. The normalized spacial score (nSPS) is 25.3. The van der Waals surface area contributed by atoms with E-state index in [4.69, 9.17) is 9.88 Å². The molecule has 0 bridgehead atoms. The molecule has 3 unspecified atom stereocenters. The largest absolute Gasteiger partial charge is 0.381 e. The molecule has 36 heavy (non-hydrogen) atoms. The van der Waals surface area contributed by atoms with Crippen molar-refractivity contribution in [3.8, 4) is 0 Å². The van der Waals surface area contributed by atoms with E-state index in [1.54, 1.807) is 17.0 Å². The number of ether oxygens (including phenoxy) is 1. The van der Waals surface area contributed by atoms with Gasteiger partial charge in [0.2, 0.25) is 10.0 Å². The summed E-state index contributed by atoms with van der Waals surface area (Å²) in [6.45, 7) is 3.97. The summed E-state index contributed by atoms with van der Waals surface area (Å²) in [6, 6.07) is 20.8. The second-order valence-electron chi connectivity index (χ2n) is 9.82. The standard InChI is InChI=1S/C27H27N3O5S/c28-36(33,34)23-11-7-21(8-12-23)27(32)24-3-1-2-4-25(24)30(26(27)31)13-18-5-9-22(10-6-18)29-14-19-16-35-17-20(19)15-29/h1-12,19-20,32H,13-17H2,(H2,28,33,34). The fraction of sp³-hybridized carbons (Fsp3) is 0.296. The lowest BCUT2D eigenvalue weighted by Gasteiger charge is -2.24. The maximum Gasteiger partial charge on any atom is 0.268 e. The molecule has 0 saturated carbocycles. The Morgan fingerprint density at radius 3 is 2.22 bits per heavy atom. The van der Waals surface area contributed by atoms with Gasteiger partial charge in [-0.25, -0.2) is 13.6 Å². The molecule has 3 N–H and O–H groups in total. The highest BCUT2D eigenvalue weighted by Gasteiger charge is 2.51. The molecule has 3 aliphatic rings. The lowest BCUT2D eigenvalue weighted by molar-refractivity contribution is -0.132. The maximum atomic E-state index is 13.7. The Morgan fingerprint density at radius 1 is 0.944 bits per heavy atom. The third kappa shape index (κ3) is 3.70. The van der Waals surface area contributed by atoms with Gasteiger partial charge in [0.1, 0.15) is 0 Å². The predicted molar refractivity (Wildman–Crippen MR) is 135 cm³/mol. The Labute approximate surface area is 210 Å². The molecule has 0 spiro atoms. The summed E-state index contributed by atoms with van der Waals surface area (Å²) in [4.78, 5) is 17.6. The van der Waals surface area contributed by atoms with Crippen LogP contribution in [0, 0.1) is 11.8 Å². The van der Waals surface area contributed by atoms with Crippen molar-refractivity contribution in [2.75, 3.05) is 36.1 Å². The van der Waals surface area contributed by atoms with Crippen molar-refractivity contribution in [3.63, 3.8) is 0 Å². The molecule has 0 radical (unpaired) electrons. The second-order valence-corrected chi connectivity index (χ2v) is 11.4. The van der Waals surface area contributed by atoms with E-state index in [1.165, 1.54) is 24.3 Å². The second kappa shape index (κ2) is 8.41. The Hall–Kier alpha value is -3.24. The van der Waals surface area contributed by atoms with E-state index in [2.05, 4.69) is 17.0 Å². The van der Waals surface area contributed by atoms with E-state index < -0.39 is 21.5 Å². The van der Waals surface area contributed by atoms with Crippen LogP contribution in [0.5, 0.6) is 0 Å². The van der Waals surface area contributed by atoms with E-state index in [0.717, 1.165) is 37.6 Å². The van der Waals surface area contributed by atoms with Crippen LogP contribution in [-0.4, -0.2) is 45.7 Å². The molecule has 3 aromatic rings. The molecule has 186 valence electrons. The van der Waals surface area contributed by atoms with Crippen LogP contribution in [0.25, 0.3) is 0 Å². The highest BCUT2D eigenvalue weighted by Crippen LogP contribution is 2.45. The lowest BCUT2D eigenvalue weighted by atomic mass is 9.87. The van der Waals surface area contributed by atoms with Crippen molar-refractivity contribution >= 4 is 27.3 Å². The number of nitrogens with zero attached hydrogens (tertiary/aromatic N) is 2. The first kappa shape index (κ1) is 23.2. The van der Waals surface area contributed by atoms with Gasteiger partial charge < -0.3 is 19.6 Å². The number of anilines is 2. The van der Waals surface area contributed by atoms with Gasteiger partial charge in [0.15, 0.2) is 5.60 Å². The SMILES string of the molecule is NS(=O)(=O)c1ccc(C2(O)C(=O)N(Cc3ccc(N4CC5COCC5C4)cc3)c3ccccc32)cc1. The zero-order chi connectivity index (χ0) is 25.1. The van der Waals surface area contributed by atoms with Crippen molar-refractivity contribution in [3.05, 3.63) is 89.5 Å². The number of primary sulfonamides is 1. The summed E-state index contributed by atoms with van der Waals surface area (Å²) in [7, 11) is -3.89. The van der Waals surface area contributed by atoms with Gasteiger partial charge in [-0.1, -0.05) is 42.5 Å². The van der Waals surface area contributed by atoms with Crippen LogP contribution in [0.1, 0.15) is 16.7 Å². The van der Waals surface area contributed by atoms with Crippen molar-refractivity contribution in [2.45, 2.75) is 17.0 Å². The molecule has 3 atom stereocenters. The highest BCUT2D eigenvalue weighted by atomic mass is 32.2. The average Bonchev–Trinajstić information content (AvgIpc) is 3.54. The monoisotopic (exact) mass is 505 g/mol. The molecular formula is C27H27N3O5S. The quantitative estimate of drug-likeness (QED) is 0.550. The van der Waals surface area contributed by atoms with Crippen LogP contribution >= 0.6 is 0 Å². The minimum absolute atomic E-state index is 0.0836. The molecule has 2 saturated heterocycles. The Bertz CT molecular complexity index is 1410. The molecular weight excluding hydrogens is 478 g/mol. The summed E-state index contributed by atoms with van der Waals surface area (Å²) in [5.74, 6) is 0.712. The smallest absolute Gasteiger partial charge is 0.268 e. The van der Waals surface area contributed by atoms with Gasteiger partial charge >= 0.3 is 0 Å². The lowest BCUT2D eigenvalue weighted by Crippen LogP contribution is -2.40. The average molecular weight is 506 g/mol. The number of nitrogens with two attached hydrogens (primary N) is 1. The number of sulfonamides is 1. The van der Waals surface area contributed by atoms with Crippen LogP contribution in [0.3, 0.4) is 0 Å². The molecule has 9 heteroatoms. The molecule has 2 fully saturated rings. The van der Waals surface area contributed by atoms with Gasteiger partial charge in [-0.05, 0) is 41.5 Å². The third-order valence-corrected chi connectivity index (χ3v) is 8.55. The summed E-state index contributed by atoms with van der Waals surface area (Å²) < 4.78 is 28.9. The zero-order valence-electron chi connectivity index (χ0n) is 19.6. The summed E-state index contributed by atoms with van der Waals surface area (Å²) in [5, 5.41) is 16.9. The first-order valence-electron chi connectivity index (χ1n) is 11.9. The molecule has 3 heterocycles. The van der Waals surface area contributed by atoms with Crippen LogP contribution in [0.2, 0.25) is 0 Å². The minimum Gasteiger partial charge on any atom is -0.381 e. The van der Waals surface area contributed by atoms with Crippen molar-refractivity contribution in [1.82, 2.24) is 0 Å². The number of carbonyl (C=O) groups excluding carboxylic acids is 1. The van der Waals surface area contributed by atoms with Gasteiger partial charge in [-0.2, -0.15) is 0 Å². The number of fused-ring (bicyclic) bond motifs is 2. The Morgan fingerprint density at radius 2 is 1.58 bits per heavy atom. The van der Waals surface area contributed by atoms with Crippen LogP contribution in [0.4, 0.5) is 11.4 Å². The molecule has 1 amide bonds. The number of amides is 1. The molecule has 0 aliphatic carbocycles. The topological polar surface area (TPSA) is 113 Å². The Kier molecular flexibility index (Phi) is 5.42. The van der Waals surface area contributed by atoms with Crippen LogP contribution in [-0.2, 0) is 31.7 Å². The minimum atomic E-state index is -3.89. The van der Waals surface area contributed by atoms with E-state index in [9.17, 15) is 18.3 Å². The van der Waals surface area contributed by atoms with Crippen LogP contribution in [0.15, 0.2) is 77.7 Å². The summed E-state index contributed by atoms with van der Waals surface area (Å²) >= 11 is 0. The van der Waals surface area contributed by atoms with Gasteiger partial charge in [-0.15, -0.1) is 0 Å². The molecule has 3 aliphatic heterocycles. The number of benzene rings is 3. The van der Waals surface area contributed by atoms with Crippen molar-refractivity contribution in [2.24, 2.45) is 17.0 Å². The highest BCUT2D eigenvalue weighted by molar-refractivity contribution is 7.89. The fourth-order valence-corrected chi connectivity index (χ4v) is 6.16. The van der Waals surface area contributed by atoms with Crippen molar-refractivity contribution in [1.29, 1.82) is 0 Å². The van der Waals surface area contributed by atoms with Gasteiger partial charge in [0.25, 0.3) is 5.91 Å². The van der Waals surface area contributed by atoms with Gasteiger partial charge in [0.05, 0.1) is 30.3 Å². The number of rotatable bonds is 5. The number of hydrogen-bond donors (Lipinski definition) is 2. The third-order valence-electron chi connectivity index (χ3n) is 7.62. The van der Waals surface area contributed by atoms with E-state index >= 15 is 0 Å².